The molecule has 74 valence electrons. The Morgan fingerprint density at radius 1 is 0.833 bits per heavy atom. The standard InChI is InChI=1S/C4H8O2.H14Si6/c1-2-4-6-5-3-1;1-3-5-6-4-2/h1-4H2;3-6H2,1-2H3. The van der Waals surface area contributed by atoms with Crippen LogP contribution < -0.4 is 0 Å². The van der Waals surface area contributed by atoms with Gasteiger partial charge in [-0.3, -0.25) is 0 Å². The smallest absolute Gasteiger partial charge is 0.0823 e. The molecule has 0 aromatic carbocycles. The predicted molar refractivity (Wildman–Crippen MR) is 75.2 cm³/mol. The molecular formula is C4H22O2Si6. The third-order valence-corrected chi connectivity index (χ3v) is 78.3. The van der Waals surface area contributed by atoms with Gasteiger partial charge in [-0.2, -0.15) is 0 Å². The molecule has 2 nitrogen and oxygen atoms in total. The van der Waals surface area contributed by atoms with Gasteiger partial charge in [0, 0.05) is 0 Å². The fraction of sp³-hybridized carbons (Fsp3) is 1.00. The molecule has 12 heavy (non-hydrogen) atoms. The second-order valence-electron chi connectivity index (χ2n) is 3.06. The molecule has 0 aromatic rings. The molecule has 1 aliphatic heterocycles. The molecule has 1 rings (SSSR count). The largest absolute Gasteiger partial charge is 0.237 e. The summed E-state index contributed by atoms with van der Waals surface area (Å²) in [7, 11) is 6.67. The summed E-state index contributed by atoms with van der Waals surface area (Å²) in [6.45, 7) is 1.56. The van der Waals surface area contributed by atoms with Crippen LogP contribution in [0.25, 0.3) is 0 Å². The van der Waals surface area contributed by atoms with E-state index in [0.29, 0.717) is 0 Å². The molecule has 0 saturated carbocycles. The van der Waals surface area contributed by atoms with Gasteiger partial charge >= 0.3 is 0 Å². The normalized spacial score (nSPS) is 21.0. The molecule has 1 heterocycles. The van der Waals surface area contributed by atoms with Crippen molar-refractivity contribution < 1.29 is 9.78 Å². The van der Waals surface area contributed by atoms with Crippen LogP contribution in [-0.2, 0) is 9.78 Å². The summed E-state index contributed by atoms with van der Waals surface area (Å²) in [5.41, 5.74) is 0. The van der Waals surface area contributed by atoms with Crippen molar-refractivity contribution in [1.82, 2.24) is 0 Å². The molecule has 0 spiro atoms. The minimum Gasteiger partial charge on any atom is -0.237 e. The quantitative estimate of drug-likeness (QED) is 0.290. The lowest BCUT2D eigenvalue weighted by Crippen LogP contribution is -2.18. The van der Waals surface area contributed by atoms with E-state index in [2.05, 4.69) is 9.78 Å². The van der Waals surface area contributed by atoms with Crippen molar-refractivity contribution in [3.05, 3.63) is 0 Å². The van der Waals surface area contributed by atoms with Crippen LogP contribution >= 0.6 is 0 Å². The number of hydrogen-bond acceptors (Lipinski definition) is 2. The zero-order valence-corrected chi connectivity index (χ0v) is 18.1. The molecule has 0 N–H and O–H groups in total. The van der Waals surface area contributed by atoms with Crippen molar-refractivity contribution in [3.8, 4) is 0 Å². The Morgan fingerprint density at radius 3 is 1.42 bits per heavy atom. The second-order valence-corrected chi connectivity index (χ2v) is 47.4. The highest BCUT2D eigenvalue weighted by Crippen LogP contribution is 1.97. The lowest BCUT2D eigenvalue weighted by atomic mass is 10.3. The van der Waals surface area contributed by atoms with Gasteiger partial charge in [-0.25, -0.2) is 9.78 Å². The van der Waals surface area contributed by atoms with E-state index in [1.165, 1.54) is 0 Å². The van der Waals surface area contributed by atoms with Gasteiger partial charge in [-0.05, 0) is 66.6 Å². The summed E-state index contributed by atoms with van der Waals surface area (Å²) in [4.78, 5) is 9.14. The Morgan fingerprint density at radius 2 is 1.25 bits per heavy atom. The average molecular weight is 271 g/mol. The van der Waals surface area contributed by atoms with Crippen LogP contribution in [0.15, 0.2) is 0 Å². The molecule has 0 unspecified atom stereocenters. The van der Waals surface area contributed by atoms with Gasteiger partial charge in [-0.1, -0.05) is 0 Å². The Labute approximate surface area is 89.6 Å². The van der Waals surface area contributed by atoms with E-state index in [1.807, 2.05) is 0 Å². The fourth-order valence-electron chi connectivity index (χ4n) is 0.940. The summed E-state index contributed by atoms with van der Waals surface area (Å²) in [6, 6.07) is 0. The predicted octanol–water partition coefficient (Wildman–Crippen LogP) is -5.30. The first kappa shape index (κ1) is 13.2. The first-order chi connectivity index (χ1) is 5.91. The van der Waals surface area contributed by atoms with Gasteiger partial charge < -0.3 is 0 Å². The summed E-state index contributed by atoms with van der Waals surface area (Å²) in [5, 5.41) is 0. The van der Waals surface area contributed by atoms with Gasteiger partial charge in [0.05, 0.1) is 13.2 Å². The third kappa shape index (κ3) is 11.2. The van der Waals surface area contributed by atoms with Crippen LogP contribution in [-0.4, -0.2) is 67.0 Å². The highest BCUT2D eigenvalue weighted by molar-refractivity contribution is 7.56. The van der Waals surface area contributed by atoms with Gasteiger partial charge in [0.15, 0.2) is 0 Å². The van der Waals surface area contributed by atoms with Crippen LogP contribution in [0.1, 0.15) is 12.8 Å². The van der Waals surface area contributed by atoms with Crippen LogP contribution in [0.5, 0.6) is 0 Å². The summed E-state index contributed by atoms with van der Waals surface area (Å²) < 4.78 is 0. The van der Waals surface area contributed by atoms with Gasteiger partial charge in [0.25, 0.3) is 0 Å². The molecule has 0 amide bonds. The fourth-order valence-corrected chi connectivity index (χ4v) is 122. The van der Waals surface area contributed by atoms with E-state index in [-0.39, 0.29) is 0 Å². The Balaban J connectivity index is 0.000000202. The van der Waals surface area contributed by atoms with E-state index in [0.717, 1.165) is 60.3 Å². The zero-order chi connectivity index (χ0) is 9.07. The molecule has 1 aliphatic rings. The van der Waals surface area contributed by atoms with Crippen molar-refractivity contribution in [2.75, 3.05) is 13.2 Å². The maximum Gasteiger partial charge on any atom is 0.0823 e. The second kappa shape index (κ2) is 12.2. The van der Waals surface area contributed by atoms with Crippen molar-refractivity contribution in [3.63, 3.8) is 0 Å². The van der Waals surface area contributed by atoms with Crippen LogP contribution in [0.3, 0.4) is 0 Å². The van der Waals surface area contributed by atoms with Gasteiger partial charge in [0.1, 0.15) is 0 Å². The van der Waals surface area contributed by atoms with E-state index < -0.39 is 0 Å². The van der Waals surface area contributed by atoms with Crippen molar-refractivity contribution in [2.45, 2.75) is 12.8 Å². The molecular weight excluding hydrogens is 249 g/mol. The summed E-state index contributed by atoms with van der Waals surface area (Å²) >= 11 is 0. The maximum atomic E-state index is 4.57. The molecule has 0 radical (unpaired) electrons. The van der Waals surface area contributed by atoms with Crippen LogP contribution in [0, 0.1) is 0 Å². The van der Waals surface area contributed by atoms with Crippen molar-refractivity contribution in [1.29, 1.82) is 0 Å². The Kier molecular flexibility index (Phi) is 13.5. The highest BCUT2D eigenvalue weighted by Gasteiger charge is 1.95. The van der Waals surface area contributed by atoms with Crippen LogP contribution in [0.2, 0.25) is 0 Å². The summed E-state index contributed by atoms with van der Waals surface area (Å²) in [6.07, 6.45) is 2.31. The minimum absolute atomic E-state index is 0.778. The SMILES string of the molecule is C1CCOOC1.[SiH3][SiH2][SiH2][SiH2][SiH2][SiH3]. The van der Waals surface area contributed by atoms with Gasteiger partial charge in [-0.15, -0.1) is 0 Å². The van der Waals surface area contributed by atoms with E-state index in [1.54, 1.807) is 19.5 Å². The first-order valence-electron chi connectivity index (χ1n) is 5.16. The molecule has 0 aliphatic carbocycles. The van der Waals surface area contributed by atoms with E-state index in [4.69, 9.17) is 0 Å². The molecule has 0 atom stereocenters. The molecule has 1 fully saturated rings. The Hall–Kier alpha value is 1.22. The van der Waals surface area contributed by atoms with E-state index in [9.17, 15) is 0 Å². The van der Waals surface area contributed by atoms with Crippen molar-refractivity contribution in [2.24, 2.45) is 0 Å². The first-order valence-corrected chi connectivity index (χ1v) is 28.5. The molecule has 0 bridgehead atoms. The number of hydrogen-bond donors (Lipinski definition) is 0. The number of rotatable bonds is 3. The average Bonchev–Trinajstić information content (AvgIpc) is 2.18. The Bertz CT molecular complexity index is 64.4. The highest BCUT2D eigenvalue weighted by atomic mass is 29.9. The van der Waals surface area contributed by atoms with Crippen LogP contribution in [0.4, 0.5) is 0 Å². The lowest BCUT2D eigenvalue weighted by molar-refractivity contribution is -0.312. The lowest BCUT2D eigenvalue weighted by Gasteiger charge is -2.07. The minimum atomic E-state index is 0.778. The maximum absolute atomic E-state index is 4.57. The van der Waals surface area contributed by atoms with Gasteiger partial charge in [0.2, 0.25) is 0 Å². The third-order valence-electron chi connectivity index (χ3n) is 1.75. The van der Waals surface area contributed by atoms with E-state index >= 15 is 0 Å². The monoisotopic (exact) mass is 270 g/mol. The van der Waals surface area contributed by atoms with Crippen molar-refractivity contribution >= 4 is 53.7 Å². The molecule has 1 saturated heterocycles. The topological polar surface area (TPSA) is 18.5 Å². The molecule has 0 aromatic heterocycles. The zero-order valence-electron chi connectivity index (χ0n) is 8.47. The molecule has 8 heteroatoms. The summed E-state index contributed by atoms with van der Waals surface area (Å²) in [5.74, 6) is 0.